The summed E-state index contributed by atoms with van der Waals surface area (Å²) < 4.78 is 39.0. The highest BCUT2D eigenvalue weighted by atomic mass is 19.2. The molecule has 5 heteroatoms. The van der Waals surface area contributed by atoms with E-state index in [1.807, 2.05) is 20.8 Å². The standard InChI is InChI=1S/C13H16F3NO/c1-13(2,3)17-7-6-10(18)8-4-5-9(14)12(16)11(8)15/h4-5,17H,6-7H2,1-3H3. The van der Waals surface area contributed by atoms with Crippen LogP contribution in [0.4, 0.5) is 13.2 Å². The number of rotatable bonds is 4. The van der Waals surface area contributed by atoms with Crippen LogP contribution in [0.15, 0.2) is 12.1 Å². The molecule has 0 spiro atoms. The fourth-order valence-corrected chi connectivity index (χ4v) is 1.43. The van der Waals surface area contributed by atoms with Gasteiger partial charge in [-0.3, -0.25) is 4.79 Å². The third kappa shape index (κ3) is 3.84. The lowest BCUT2D eigenvalue weighted by Gasteiger charge is -2.20. The van der Waals surface area contributed by atoms with Crippen molar-refractivity contribution in [3.05, 3.63) is 35.1 Å². The Morgan fingerprint density at radius 3 is 2.33 bits per heavy atom. The van der Waals surface area contributed by atoms with Crippen LogP contribution in [0.5, 0.6) is 0 Å². The summed E-state index contributed by atoms with van der Waals surface area (Å²) in [6.45, 7) is 6.13. The molecular formula is C13H16F3NO. The fraction of sp³-hybridized carbons (Fsp3) is 0.462. The van der Waals surface area contributed by atoms with Crippen LogP contribution in [-0.4, -0.2) is 17.9 Å². The summed E-state index contributed by atoms with van der Waals surface area (Å²) in [5.41, 5.74) is -0.572. The maximum atomic E-state index is 13.3. The lowest BCUT2D eigenvalue weighted by atomic mass is 10.1. The van der Waals surface area contributed by atoms with Crippen LogP contribution in [-0.2, 0) is 0 Å². The number of Topliss-reactive ketones (excluding diaryl/α,β-unsaturated/α-hetero) is 1. The average Bonchev–Trinajstić information content (AvgIpc) is 2.24. The van der Waals surface area contributed by atoms with Crippen molar-refractivity contribution >= 4 is 5.78 Å². The molecule has 0 amide bonds. The molecule has 0 aliphatic rings. The quantitative estimate of drug-likeness (QED) is 0.665. The van der Waals surface area contributed by atoms with E-state index in [1.54, 1.807) is 0 Å². The van der Waals surface area contributed by atoms with Gasteiger partial charge in [0, 0.05) is 18.5 Å². The van der Waals surface area contributed by atoms with Crippen molar-refractivity contribution in [2.45, 2.75) is 32.7 Å². The summed E-state index contributed by atoms with van der Waals surface area (Å²) in [5.74, 6) is -4.87. The van der Waals surface area contributed by atoms with E-state index in [4.69, 9.17) is 0 Å². The van der Waals surface area contributed by atoms with E-state index < -0.39 is 28.8 Å². The molecule has 0 saturated heterocycles. The van der Waals surface area contributed by atoms with Crippen LogP contribution in [0.1, 0.15) is 37.6 Å². The summed E-state index contributed by atoms with van der Waals surface area (Å²) in [4.78, 5) is 11.6. The van der Waals surface area contributed by atoms with Gasteiger partial charge in [-0.1, -0.05) is 0 Å². The van der Waals surface area contributed by atoms with Gasteiger partial charge >= 0.3 is 0 Å². The van der Waals surface area contributed by atoms with Crippen molar-refractivity contribution in [1.82, 2.24) is 5.32 Å². The molecule has 0 aliphatic carbocycles. The van der Waals surface area contributed by atoms with Gasteiger partial charge < -0.3 is 5.32 Å². The second kappa shape index (κ2) is 5.52. The van der Waals surface area contributed by atoms with Gasteiger partial charge in [0.15, 0.2) is 23.2 Å². The van der Waals surface area contributed by atoms with Crippen LogP contribution in [0.3, 0.4) is 0 Å². The number of ketones is 1. The first-order chi connectivity index (χ1) is 8.22. The van der Waals surface area contributed by atoms with Gasteiger partial charge in [0.05, 0.1) is 5.56 Å². The van der Waals surface area contributed by atoms with E-state index >= 15 is 0 Å². The number of nitrogens with one attached hydrogen (secondary N) is 1. The van der Waals surface area contributed by atoms with Gasteiger partial charge in [0.1, 0.15) is 0 Å². The van der Waals surface area contributed by atoms with Crippen molar-refractivity contribution in [1.29, 1.82) is 0 Å². The van der Waals surface area contributed by atoms with Gasteiger partial charge in [-0.25, -0.2) is 13.2 Å². The fourth-order valence-electron chi connectivity index (χ4n) is 1.43. The largest absolute Gasteiger partial charge is 0.312 e. The molecule has 0 fully saturated rings. The van der Waals surface area contributed by atoms with E-state index in [9.17, 15) is 18.0 Å². The van der Waals surface area contributed by atoms with Crippen molar-refractivity contribution in [3.8, 4) is 0 Å². The predicted octanol–water partition coefficient (Wildman–Crippen LogP) is 3.06. The number of hydrogen-bond acceptors (Lipinski definition) is 2. The van der Waals surface area contributed by atoms with Crippen molar-refractivity contribution in [2.24, 2.45) is 0 Å². The average molecular weight is 259 g/mol. The van der Waals surface area contributed by atoms with E-state index in [1.165, 1.54) is 0 Å². The van der Waals surface area contributed by atoms with Gasteiger partial charge in [0.2, 0.25) is 0 Å². The van der Waals surface area contributed by atoms with E-state index in [0.29, 0.717) is 6.54 Å². The number of halogens is 3. The first-order valence-corrected chi connectivity index (χ1v) is 5.64. The molecule has 0 saturated carbocycles. The molecule has 0 bridgehead atoms. The lowest BCUT2D eigenvalue weighted by Crippen LogP contribution is -2.37. The highest BCUT2D eigenvalue weighted by Crippen LogP contribution is 2.16. The van der Waals surface area contributed by atoms with E-state index in [-0.39, 0.29) is 12.0 Å². The minimum Gasteiger partial charge on any atom is -0.312 e. The Balaban J connectivity index is 2.71. The maximum Gasteiger partial charge on any atom is 0.195 e. The van der Waals surface area contributed by atoms with Crippen LogP contribution in [0.2, 0.25) is 0 Å². The number of carbonyl (C=O) groups excluding carboxylic acids is 1. The zero-order valence-corrected chi connectivity index (χ0v) is 10.6. The first kappa shape index (κ1) is 14.7. The molecule has 0 unspecified atom stereocenters. The Bertz CT molecular complexity index is 452. The van der Waals surface area contributed by atoms with E-state index in [0.717, 1.165) is 12.1 Å². The summed E-state index contributed by atoms with van der Waals surface area (Å²) in [5, 5.41) is 3.06. The topological polar surface area (TPSA) is 29.1 Å². The number of carbonyl (C=O) groups is 1. The minimum atomic E-state index is -1.61. The zero-order valence-electron chi connectivity index (χ0n) is 10.6. The van der Waals surface area contributed by atoms with E-state index in [2.05, 4.69) is 5.32 Å². The van der Waals surface area contributed by atoms with Gasteiger partial charge in [0.25, 0.3) is 0 Å². The zero-order chi connectivity index (χ0) is 13.9. The molecule has 1 rings (SSSR count). The Morgan fingerprint density at radius 1 is 1.17 bits per heavy atom. The molecule has 1 N–H and O–H groups in total. The van der Waals surface area contributed by atoms with Gasteiger partial charge in [-0.15, -0.1) is 0 Å². The molecule has 1 aromatic rings. The SMILES string of the molecule is CC(C)(C)NCCC(=O)c1ccc(F)c(F)c1F. The summed E-state index contributed by atoms with van der Waals surface area (Å²) in [6, 6.07) is 1.72. The highest BCUT2D eigenvalue weighted by Gasteiger charge is 2.19. The predicted molar refractivity (Wildman–Crippen MR) is 63.0 cm³/mol. The summed E-state index contributed by atoms with van der Waals surface area (Å²) in [6.07, 6.45) is 0.0270. The molecule has 100 valence electrons. The lowest BCUT2D eigenvalue weighted by molar-refractivity contribution is 0.0975. The van der Waals surface area contributed by atoms with Crippen molar-refractivity contribution < 1.29 is 18.0 Å². The highest BCUT2D eigenvalue weighted by molar-refractivity contribution is 5.96. The third-order valence-corrected chi connectivity index (χ3v) is 2.34. The monoisotopic (exact) mass is 259 g/mol. The molecule has 0 atom stereocenters. The second-order valence-corrected chi connectivity index (χ2v) is 5.07. The molecule has 1 aromatic carbocycles. The number of hydrogen-bond donors (Lipinski definition) is 1. The smallest absolute Gasteiger partial charge is 0.195 e. The molecular weight excluding hydrogens is 243 g/mol. The maximum absolute atomic E-state index is 13.3. The molecule has 0 aliphatic heterocycles. The Hall–Kier alpha value is -1.36. The van der Waals surface area contributed by atoms with Gasteiger partial charge in [-0.2, -0.15) is 0 Å². The molecule has 0 heterocycles. The first-order valence-electron chi connectivity index (χ1n) is 5.64. The molecule has 18 heavy (non-hydrogen) atoms. The molecule has 2 nitrogen and oxygen atoms in total. The normalized spacial score (nSPS) is 11.7. The Morgan fingerprint density at radius 2 is 1.78 bits per heavy atom. The second-order valence-electron chi connectivity index (χ2n) is 5.07. The van der Waals surface area contributed by atoms with Crippen LogP contribution in [0, 0.1) is 17.5 Å². The Kier molecular flexibility index (Phi) is 4.51. The van der Waals surface area contributed by atoms with Crippen LogP contribution < -0.4 is 5.32 Å². The Labute approximate surface area is 104 Å². The van der Waals surface area contributed by atoms with Crippen LogP contribution in [0.25, 0.3) is 0 Å². The van der Waals surface area contributed by atoms with Crippen molar-refractivity contribution in [2.75, 3.05) is 6.54 Å². The third-order valence-electron chi connectivity index (χ3n) is 2.34. The summed E-state index contributed by atoms with van der Waals surface area (Å²) in [7, 11) is 0. The summed E-state index contributed by atoms with van der Waals surface area (Å²) >= 11 is 0. The van der Waals surface area contributed by atoms with Gasteiger partial charge in [-0.05, 0) is 32.9 Å². The molecule has 0 radical (unpaired) electrons. The number of benzene rings is 1. The van der Waals surface area contributed by atoms with Crippen LogP contribution >= 0.6 is 0 Å². The molecule has 0 aromatic heterocycles. The minimum absolute atomic E-state index is 0.0270. The van der Waals surface area contributed by atoms with Crippen molar-refractivity contribution in [3.63, 3.8) is 0 Å².